The molecule has 1 amide bonds. The molecule has 0 aromatic carbocycles. The van der Waals surface area contributed by atoms with Crippen molar-refractivity contribution in [2.45, 2.75) is 51.6 Å². The molecule has 0 bridgehead atoms. The Hall–Kier alpha value is -1.18. The summed E-state index contributed by atoms with van der Waals surface area (Å²) in [5.41, 5.74) is 0. The third-order valence-corrected chi connectivity index (χ3v) is 5.48. The molecule has 2 aliphatic heterocycles. The van der Waals surface area contributed by atoms with Crippen LogP contribution in [0.15, 0.2) is 0 Å². The first-order valence-electron chi connectivity index (χ1n) is 9.97. The second-order valence-electron chi connectivity index (χ2n) is 7.35. The van der Waals surface area contributed by atoms with Crippen molar-refractivity contribution in [3.8, 4) is 0 Å². The Labute approximate surface area is 157 Å². The molecule has 0 aromatic rings. The van der Waals surface area contributed by atoms with Crippen LogP contribution in [0.5, 0.6) is 0 Å². The van der Waals surface area contributed by atoms with E-state index in [1.165, 1.54) is 0 Å². The van der Waals surface area contributed by atoms with E-state index in [0.29, 0.717) is 38.6 Å². The van der Waals surface area contributed by atoms with Crippen LogP contribution in [-0.4, -0.2) is 86.8 Å². The van der Waals surface area contributed by atoms with E-state index in [9.17, 15) is 9.59 Å². The summed E-state index contributed by atoms with van der Waals surface area (Å²) in [5.74, 6) is -0.0289. The average molecular weight is 370 g/mol. The van der Waals surface area contributed by atoms with E-state index in [4.69, 9.17) is 9.47 Å². The third kappa shape index (κ3) is 6.21. The minimum atomic E-state index is -0.176. The molecule has 26 heavy (non-hydrogen) atoms. The van der Waals surface area contributed by atoms with Crippen molar-refractivity contribution in [2.75, 3.05) is 53.0 Å². The molecule has 0 aromatic heterocycles. The van der Waals surface area contributed by atoms with Crippen molar-refractivity contribution in [1.29, 1.82) is 0 Å². The maximum absolute atomic E-state index is 12.7. The molecule has 7 heteroatoms. The fourth-order valence-corrected chi connectivity index (χ4v) is 3.84. The highest BCUT2D eigenvalue weighted by molar-refractivity contribution is 5.82. The predicted molar refractivity (Wildman–Crippen MR) is 99.9 cm³/mol. The van der Waals surface area contributed by atoms with Gasteiger partial charge in [0.1, 0.15) is 0 Å². The number of carbonyl (C=O) groups excluding carboxylic acids is 2. The van der Waals surface area contributed by atoms with E-state index in [1.54, 1.807) is 7.11 Å². The number of nitrogens with zero attached hydrogens (tertiary/aromatic N) is 2. The molecule has 0 saturated carbocycles. The van der Waals surface area contributed by atoms with Gasteiger partial charge in [0.25, 0.3) is 0 Å². The molecule has 0 spiro atoms. The normalized spacial score (nSPS) is 21.6. The van der Waals surface area contributed by atoms with Gasteiger partial charge in [-0.25, -0.2) is 0 Å². The van der Waals surface area contributed by atoms with Gasteiger partial charge in [-0.2, -0.15) is 0 Å². The van der Waals surface area contributed by atoms with Gasteiger partial charge in [0, 0.05) is 32.8 Å². The van der Waals surface area contributed by atoms with Crippen LogP contribution < -0.4 is 5.32 Å². The molecule has 1 N–H and O–H groups in total. The second-order valence-corrected chi connectivity index (χ2v) is 7.35. The van der Waals surface area contributed by atoms with Crippen molar-refractivity contribution in [3.05, 3.63) is 0 Å². The van der Waals surface area contributed by atoms with E-state index in [2.05, 4.69) is 10.2 Å². The summed E-state index contributed by atoms with van der Waals surface area (Å²) in [6.45, 7) is 9.33. The molecule has 0 radical (unpaired) electrons. The van der Waals surface area contributed by atoms with Gasteiger partial charge >= 0.3 is 5.97 Å². The number of hydrogen-bond acceptors (Lipinski definition) is 6. The highest BCUT2D eigenvalue weighted by Crippen LogP contribution is 2.19. The zero-order chi connectivity index (χ0) is 18.9. The molecule has 7 nitrogen and oxygen atoms in total. The summed E-state index contributed by atoms with van der Waals surface area (Å²) in [6.07, 6.45) is 3.53. The number of rotatable bonds is 8. The van der Waals surface area contributed by atoms with E-state index in [1.807, 2.05) is 18.7 Å². The van der Waals surface area contributed by atoms with Gasteiger partial charge in [-0.3, -0.25) is 9.59 Å². The molecule has 0 unspecified atom stereocenters. The molecule has 2 heterocycles. The molecule has 150 valence electrons. The minimum absolute atomic E-state index is 0.0568. The van der Waals surface area contributed by atoms with Crippen LogP contribution in [0.2, 0.25) is 0 Å². The maximum Gasteiger partial charge on any atom is 0.309 e. The summed E-state index contributed by atoms with van der Waals surface area (Å²) in [6, 6.07) is 0.217. The van der Waals surface area contributed by atoms with Crippen LogP contribution >= 0.6 is 0 Å². The summed E-state index contributed by atoms with van der Waals surface area (Å²) in [7, 11) is 1.73. The summed E-state index contributed by atoms with van der Waals surface area (Å²) < 4.78 is 10.2. The van der Waals surface area contributed by atoms with Gasteiger partial charge in [0.2, 0.25) is 5.91 Å². The van der Waals surface area contributed by atoms with Gasteiger partial charge in [-0.1, -0.05) is 0 Å². The number of likely N-dealkylation sites (tertiary alicyclic amines) is 2. The number of carbonyl (C=O) groups is 2. The zero-order valence-electron chi connectivity index (χ0n) is 16.5. The molecule has 2 fully saturated rings. The number of esters is 1. The lowest BCUT2D eigenvalue weighted by Crippen LogP contribution is -2.53. The SMILES string of the molecule is CCOC(=O)C1CCN(C(=O)[C@@H](C)NC2CCN(CCOC)CC2)CC1. The summed E-state index contributed by atoms with van der Waals surface area (Å²) in [4.78, 5) is 28.8. The number of hydrogen-bond donors (Lipinski definition) is 1. The monoisotopic (exact) mass is 369 g/mol. The molecular weight excluding hydrogens is 334 g/mol. The molecule has 2 aliphatic rings. The fraction of sp³-hybridized carbons (Fsp3) is 0.895. The van der Waals surface area contributed by atoms with Gasteiger partial charge in [-0.15, -0.1) is 0 Å². The third-order valence-electron chi connectivity index (χ3n) is 5.48. The quantitative estimate of drug-likeness (QED) is 0.641. The number of nitrogens with one attached hydrogen (secondary N) is 1. The highest BCUT2D eigenvalue weighted by atomic mass is 16.5. The Bertz CT molecular complexity index is 444. The van der Waals surface area contributed by atoms with E-state index in [0.717, 1.165) is 39.1 Å². The van der Waals surface area contributed by atoms with Crippen LogP contribution in [0.4, 0.5) is 0 Å². The molecule has 1 atom stereocenters. The Balaban J connectivity index is 1.69. The van der Waals surface area contributed by atoms with Crippen LogP contribution in [-0.2, 0) is 19.1 Å². The number of ether oxygens (including phenoxy) is 2. The predicted octanol–water partition coefficient (Wildman–Crippen LogP) is 0.877. The average Bonchev–Trinajstić information content (AvgIpc) is 2.67. The summed E-state index contributed by atoms with van der Waals surface area (Å²) in [5, 5.41) is 3.51. The lowest BCUT2D eigenvalue weighted by molar-refractivity contribution is -0.151. The van der Waals surface area contributed by atoms with Crippen LogP contribution in [0, 0.1) is 5.92 Å². The Morgan fingerprint density at radius 3 is 2.35 bits per heavy atom. The van der Waals surface area contributed by atoms with Crippen molar-refractivity contribution >= 4 is 11.9 Å². The maximum atomic E-state index is 12.7. The lowest BCUT2D eigenvalue weighted by Gasteiger charge is -2.36. The molecular formula is C19H35N3O4. The first kappa shape index (κ1) is 21.1. The standard InChI is InChI=1S/C19H35N3O4/c1-4-26-19(24)16-5-11-22(12-6-16)18(23)15(2)20-17-7-9-21(10-8-17)13-14-25-3/h15-17,20H,4-14H2,1-3H3/t15-/m1/s1. The lowest BCUT2D eigenvalue weighted by atomic mass is 9.96. The smallest absolute Gasteiger partial charge is 0.309 e. The van der Waals surface area contributed by atoms with Crippen molar-refractivity contribution in [2.24, 2.45) is 5.92 Å². The minimum Gasteiger partial charge on any atom is -0.466 e. The topological polar surface area (TPSA) is 71.1 Å². The number of methoxy groups -OCH3 is 1. The van der Waals surface area contributed by atoms with Gasteiger partial charge in [-0.05, 0) is 52.6 Å². The van der Waals surface area contributed by atoms with Gasteiger partial charge in [0.15, 0.2) is 0 Å². The van der Waals surface area contributed by atoms with Crippen molar-refractivity contribution in [1.82, 2.24) is 15.1 Å². The number of piperidine rings is 2. The molecule has 0 aliphatic carbocycles. The zero-order valence-corrected chi connectivity index (χ0v) is 16.5. The van der Waals surface area contributed by atoms with Crippen LogP contribution in [0.3, 0.4) is 0 Å². The number of amides is 1. The molecule has 2 rings (SSSR count). The van der Waals surface area contributed by atoms with Gasteiger partial charge in [0.05, 0.1) is 25.2 Å². The van der Waals surface area contributed by atoms with Crippen LogP contribution in [0.25, 0.3) is 0 Å². The first-order valence-corrected chi connectivity index (χ1v) is 9.97. The van der Waals surface area contributed by atoms with Crippen molar-refractivity contribution in [3.63, 3.8) is 0 Å². The highest BCUT2D eigenvalue weighted by Gasteiger charge is 2.31. The summed E-state index contributed by atoms with van der Waals surface area (Å²) >= 11 is 0. The van der Waals surface area contributed by atoms with Gasteiger partial charge < -0.3 is 24.6 Å². The van der Waals surface area contributed by atoms with E-state index >= 15 is 0 Å². The molecule has 2 saturated heterocycles. The van der Waals surface area contributed by atoms with Crippen LogP contribution in [0.1, 0.15) is 39.5 Å². The Morgan fingerprint density at radius 1 is 1.12 bits per heavy atom. The van der Waals surface area contributed by atoms with E-state index in [-0.39, 0.29) is 23.8 Å². The fourth-order valence-electron chi connectivity index (χ4n) is 3.84. The largest absolute Gasteiger partial charge is 0.466 e. The van der Waals surface area contributed by atoms with Crippen molar-refractivity contribution < 1.29 is 19.1 Å². The second kappa shape index (κ2) is 10.8. The van der Waals surface area contributed by atoms with E-state index < -0.39 is 0 Å². The Kier molecular flexibility index (Phi) is 8.81. The Morgan fingerprint density at radius 2 is 1.77 bits per heavy atom. The first-order chi connectivity index (χ1) is 12.5.